The molecule has 2 aliphatic heterocycles. The molecule has 2 fully saturated rings. The number of halogens is 2. The van der Waals surface area contributed by atoms with Gasteiger partial charge >= 0.3 is 0 Å². The summed E-state index contributed by atoms with van der Waals surface area (Å²) in [7, 11) is 1.84. The molecule has 2 saturated heterocycles. The van der Waals surface area contributed by atoms with Crippen LogP contribution in [0.3, 0.4) is 0 Å². The quantitative estimate of drug-likeness (QED) is 0.363. The fourth-order valence-electron chi connectivity index (χ4n) is 4.04. The van der Waals surface area contributed by atoms with Gasteiger partial charge in [0.05, 0.1) is 10.7 Å². The predicted molar refractivity (Wildman–Crippen MR) is 137 cm³/mol. The molecule has 0 saturated carbocycles. The van der Waals surface area contributed by atoms with Gasteiger partial charge in [-0.25, -0.2) is 4.98 Å². The van der Waals surface area contributed by atoms with Crippen LogP contribution in [0.2, 0.25) is 5.02 Å². The number of para-hydroxylation sites is 1. The van der Waals surface area contributed by atoms with Gasteiger partial charge in [-0.05, 0) is 36.6 Å². The lowest BCUT2D eigenvalue weighted by molar-refractivity contribution is 0.372. The van der Waals surface area contributed by atoms with E-state index in [4.69, 9.17) is 11.6 Å². The van der Waals surface area contributed by atoms with E-state index >= 15 is 0 Å². The molecule has 6 nitrogen and oxygen atoms in total. The number of benzene rings is 1. The second kappa shape index (κ2) is 11.0. The van der Waals surface area contributed by atoms with Gasteiger partial charge in [0.1, 0.15) is 5.82 Å². The number of nitrogens with one attached hydrogen (secondary N) is 1. The van der Waals surface area contributed by atoms with Crippen molar-refractivity contribution < 1.29 is 0 Å². The van der Waals surface area contributed by atoms with Gasteiger partial charge in [0.15, 0.2) is 5.96 Å². The van der Waals surface area contributed by atoms with Crippen LogP contribution in [0.5, 0.6) is 0 Å². The van der Waals surface area contributed by atoms with Crippen LogP contribution in [0, 0.1) is 0 Å². The predicted octanol–water partition coefficient (Wildman–Crippen LogP) is 3.85. The smallest absolute Gasteiger partial charge is 0.194 e. The summed E-state index contributed by atoms with van der Waals surface area (Å²) >= 11 is 6.35. The van der Waals surface area contributed by atoms with E-state index in [0.717, 1.165) is 68.3 Å². The van der Waals surface area contributed by atoms with Gasteiger partial charge in [-0.3, -0.25) is 4.99 Å². The molecule has 2 aliphatic rings. The number of hydrogen-bond donors (Lipinski definition) is 1. The van der Waals surface area contributed by atoms with Crippen molar-refractivity contribution in [2.75, 3.05) is 56.1 Å². The standard InChI is InChI=1S/C22H29ClN6.HI/c1-24-22(26-17-18-8-9-21(25-16-18)28-10-4-5-11-28)29-14-12-27(13-15-29)20-7-3-2-6-19(20)23;/h2-3,6-9,16H,4-5,10-15,17H2,1H3,(H,24,26);1H. The van der Waals surface area contributed by atoms with Crippen molar-refractivity contribution in [3.8, 4) is 0 Å². The zero-order valence-corrected chi connectivity index (χ0v) is 20.5. The van der Waals surface area contributed by atoms with Crippen LogP contribution in [0.15, 0.2) is 47.6 Å². The molecule has 0 unspecified atom stereocenters. The molecule has 4 rings (SSSR count). The molecule has 1 N–H and O–H groups in total. The monoisotopic (exact) mass is 540 g/mol. The van der Waals surface area contributed by atoms with Gasteiger partial charge < -0.3 is 20.0 Å². The highest BCUT2D eigenvalue weighted by Gasteiger charge is 2.21. The maximum atomic E-state index is 6.35. The first-order valence-electron chi connectivity index (χ1n) is 10.4. The third-order valence-electron chi connectivity index (χ3n) is 5.67. The Labute approximate surface area is 201 Å². The van der Waals surface area contributed by atoms with E-state index < -0.39 is 0 Å². The largest absolute Gasteiger partial charge is 0.367 e. The molecule has 0 aliphatic carbocycles. The Bertz CT molecular complexity index is 830. The van der Waals surface area contributed by atoms with Crippen molar-refractivity contribution in [1.29, 1.82) is 0 Å². The molecule has 1 aromatic carbocycles. The first-order valence-corrected chi connectivity index (χ1v) is 10.8. The van der Waals surface area contributed by atoms with E-state index in [0.29, 0.717) is 0 Å². The minimum Gasteiger partial charge on any atom is -0.367 e. The summed E-state index contributed by atoms with van der Waals surface area (Å²) in [5, 5.41) is 4.30. The molecule has 2 aromatic rings. The molecule has 0 spiro atoms. The maximum absolute atomic E-state index is 6.35. The lowest BCUT2D eigenvalue weighted by Gasteiger charge is -2.38. The molecule has 8 heteroatoms. The molecule has 30 heavy (non-hydrogen) atoms. The summed E-state index contributed by atoms with van der Waals surface area (Å²) in [6, 6.07) is 12.3. The van der Waals surface area contributed by atoms with Crippen LogP contribution in [0.1, 0.15) is 18.4 Å². The van der Waals surface area contributed by atoms with Crippen molar-refractivity contribution in [3.63, 3.8) is 0 Å². The highest BCUT2D eigenvalue weighted by Crippen LogP contribution is 2.26. The molecule has 3 heterocycles. The lowest BCUT2D eigenvalue weighted by Crippen LogP contribution is -2.52. The number of aromatic nitrogens is 1. The normalized spacial score (nSPS) is 17.1. The number of pyridine rings is 1. The number of rotatable bonds is 4. The van der Waals surface area contributed by atoms with Crippen molar-refractivity contribution in [2.24, 2.45) is 4.99 Å². The number of aliphatic imine (C=N–C) groups is 1. The Hall–Kier alpha value is -1.74. The minimum absolute atomic E-state index is 0. The summed E-state index contributed by atoms with van der Waals surface area (Å²) in [6.07, 6.45) is 4.51. The van der Waals surface area contributed by atoms with Crippen LogP contribution in [-0.2, 0) is 6.54 Å². The van der Waals surface area contributed by atoms with E-state index in [2.05, 4.69) is 48.2 Å². The van der Waals surface area contributed by atoms with Crippen LogP contribution in [0.25, 0.3) is 0 Å². The summed E-state index contributed by atoms with van der Waals surface area (Å²) in [4.78, 5) is 16.1. The third kappa shape index (κ3) is 5.49. The van der Waals surface area contributed by atoms with E-state index in [9.17, 15) is 0 Å². The zero-order chi connectivity index (χ0) is 20.1. The summed E-state index contributed by atoms with van der Waals surface area (Å²) in [5.41, 5.74) is 2.28. The van der Waals surface area contributed by atoms with E-state index in [1.54, 1.807) is 0 Å². The molecule has 1 aromatic heterocycles. The fourth-order valence-corrected chi connectivity index (χ4v) is 4.29. The topological polar surface area (TPSA) is 47.0 Å². The van der Waals surface area contributed by atoms with Gasteiger partial charge in [0, 0.05) is 59.1 Å². The third-order valence-corrected chi connectivity index (χ3v) is 5.99. The van der Waals surface area contributed by atoms with Crippen LogP contribution in [0.4, 0.5) is 11.5 Å². The summed E-state index contributed by atoms with van der Waals surface area (Å²) in [5.74, 6) is 2.03. The number of hydrogen-bond acceptors (Lipinski definition) is 4. The fraction of sp³-hybridized carbons (Fsp3) is 0.455. The van der Waals surface area contributed by atoms with Gasteiger partial charge in [-0.2, -0.15) is 0 Å². The van der Waals surface area contributed by atoms with Crippen molar-refractivity contribution >= 4 is 53.0 Å². The molecular formula is C22H30ClIN6. The Kier molecular flexibility index (Phi) is 8.44. The first kappa shape index (κ1) is 22.9. The molecule has 0 bridgehead atoms. The summed E-state index contributed by atoms with van der Waals surface area (Å²) in [6.45, 7) is 6.65. The van der Waals surface area contributed by atoms with Crippen LogP contribution < -0.4 is 15.1 Å². The number of piperazine rings is 1. The van der Waals surface area contributed by atoms with Gasteiger partial charge in [-0.1, -0.05) is 29.8 Å². The number of nitrogens with zero attached hydrogens (tertiary/aromatic N) is 5. The molecule has 0 amide bonds. The SMILES string of the molecule is CN=C(NCc1ccc(N2CCCC2)nc1)N1CCN(c2ccccc2Cl)CC1.I. The van der Waals surface area contributed by atoms with Crippen molar-refractivity contribution in [2.45, 2.75) is 19.4 Å². The summed E-state index contributed by atoms with van der Waals surface area (Å²) < 4.78 is 0. The van der Waals surface area contributed by atoms with Crippen molar-refractivity contribution in [1.82, 2.24) is 15.2 Å². The average molecular weight is 541 g/mol. The Morgan fingerprint density at radius 2 is 1.73 bits per heavy atom. The lowest BCUT2D eigenvalue weighted by atomic mass is 10.2. The van der Waals surface area contributed by atoms with Gasteiger partial charge in [0.2, 0.25) is 0 Å². The average Bonchev–Trinajstić information content (AvgIpc) is 3.30. The second-order valence-corrected chi connectivity index (χ2v) is 7.95. The Morgan fingerprint density at radius 1 is 1.00 bits per heavy atom. The highest BCUT2D eigenvalue weighted by atomic mass is 127. The molecule has 0 atom stereocenters. The zero-order valence-electron chi connectivity index (χ0n) is 17.4. The molecular weight excluding hydrogens is 511 g/mol. The Morgan fingerprint density at radius 3 is 2.37 bits per heavy atom. The second-order valence-electron chi connectivity index (χ2n) is 7.55. The van der Waals surface area contributed by atoms with Gasteiger partial charge in [0.25, 0.3) is 0 Å². The van der Waals surface area contributed by atoms with E-state index in [1.165, 1.54) is 18.4 Å². The van der Waals surface area contributed by atoms with E-state index in [1.807, 2.05) is 31.4 Å². The van der Waals surface area contributed by atoms with Crippen LogP contribution in [-0.4, -0.2) is 62.2 Å². The number of anilines is 2. The van der Waals surface area contributed by atoms with Crippen molar-refractivity contribution in [3.05, 3.63) is 53.2 Å². The Balaban J connectivity index is 0.00000256. The van der Waals surface area contributed by atoms with Crippen LogP contribution >= 0.6 is 35.6 Å². The highest BCUT2D eigenvalue weighted by molar-refractivity contribution is 14.0. The molecule has 0 radical (unpaired) electrons. The maximum Gasteiger partial charge on any atom is 0.194 e. The minimum atomic E-state index is 0. The van der Waals surface area contributed by atoms with Gasteiger partial charge in [-0.15, -0.1) is 24.0 Å². The number of guanidine groups is 1. The van der Waals surface area contributed by atoms with E-state index in [-0.39, 0.29) is 24.0 Å². The first-order chi connectivity index (χ1) is 14.2. The molecule has 162 valence electrons.